The lowest BCUT2D eigenvalue weighted by molar-refractivity contribution is 0.660. The number of hydrogen-bond acceptors (Lipinski definition) is 1. The van der Waals surface area contributed by atoms with E-state index in [-0.39, 0.29) is 40.8 Å². The Morgan fingerprint density at radius 1 is 0.390 bits per heavy atom. The Labute approximate surface area is 351 Å². The van der Waals surface area contributed by atoms with Crippen molar-refractivity contribution in [3.8, 4) is 50.2 Å². The van der Waals surface area contributed by atoms with Gasteiger partial charge in [0.1, 0.15) is 0 Å². The number of anilines is 3. The average Bonchev–Trinajstić information content (AvgIpc) is 3.78. The molecule has 0 saturated heterocycles. The molecule has 1 aliphatic carbocycles. The summed E-state index contributed by atoms with van der Waals surface area (Å²) < 4.78 is 41.1. The smallest absolute Gasteiger partial charge is 0.0645 e. The van der Waals surface area contributed by atoms with E-state index in [0.29, 0.717) is 5.56 Å². The summed E-state index contributed by atoms with van der Waals surface area (Å²) >= 11 is 0. The van der Waals surface area contributed by atoms with E-state index in [1.54, 1.807) is 0 Å². The fraction of sp³-hybridized carbons (Fsp3) is 0.0526. The van der Waals surface area contributed by atoms with Crippen LogP contribution < -0.4 is 4.90 Å². The van der Waals surface area contributed by atoms with Crippen LogP contribution in [0.15, 0.2) is 218 Å². The molecule has 1 heterocycles. The molecule has 0 amide bonds. The van der Waals surface area contributed by atoms with Crippen molar-refractivity contribution >= 4 is 38.9 Å². The number of benzene rings is 9. The van der Waals surface area contributed by atoms with Crippen molar-refractivity contribution < 1.29 is 5.48 Å². The van der Waals surface area contributed by atoms with Crippen LogP contribution in [0.3, 0.4) is 0 Å². The van der Waals surface area contributed by atoms with Crippen molar-refractivity contribution in [1.82, 2.24) is 4.57 Å². The topological polar surface area (TPSA) is 8.17 Å². The SMILES string of the molecule is [2H]c1c([2H])c(N(c2cccc(-c3ccccc3)c2)c2ccc3c(c2)C(C)(C)c2ccccc2-3)c([2H])c([2H])c1-c1ccc2c(c1)c1ccccc1n2-c1ccc(-c2ccccc2)cc1. The molecule has 0 spiro atoms. The summed E-state index contributed by atoms with van der Waals surface area (Å²) in [6.45, 7) is 4.48. The highest BCUT2D eigenvalue weighted by Gasteiger charge is 2.35. The lowest BCUT2D eigenvalue weighted by atomic mass is 9.82. The summed E-state index contributed by atoms with van der Waals surface area (Å²) in [5.41, 5.74) is 14.5. The molecule has 10 aromatic rings. The van der Waals surface area contributed by atoms with E-state index in [1.807, 2.05) is 89.8 Å². The number of hydrogen-bond donors (Lipinski definition) is 0. The van der Waals surface area contributed by atoms with Crippen molar-refractivity contribution in [2.45, 2.75) is 19.3 Å². The van der Waals surface area contributed by atoms with E-state index in [1.165, 1.54) is 11.1 Å². The van der Waals surface area contributed by atoms with Crippen molar-refractivity contribution in [3.05, 3.63) is 229 Å². The van der Waals surface area contributed by atoms with Gasteiger partial charge in [-0.25, -0.2) is 0 Å². The standard InChI is InChI=1S/C57H42N2/c1-57(2)53-22-11-9-20-49(53)50-34-33-48(38-54(50)57)58(47-19-13-18-43(36-47)40-16-7-4-8-17-40)45-29-26-42(27-30-45)44-28-35-56-52(37-44)51-21-10-12-23-55(51)59(56)46-31-24-41(25-32-46)39-14-5-3-6-15-39/h3-38H,1-2H3/i26D,27D,29D,30D. The Morgan fingerprint density at radius 2 is 0.966 bits per heavy atom. The van der Waals surface area contributed by atoms with Crippen molar-refractivity contribution in [3.63, 3.8) is 0 Å². The third-order valence-corrected chi connectivity index (χ3v) is 12.1. The molecule has 1 aliphatic rings. The van der Waals surface area contributed by atoms with Gasteiger partial charge in [0.15, 0.2) is 0 Å². The van der Waals surface area contributed by atoms with Crippen LogP contribution in [0.4, 0.5) is 17.1 Å². The fourth-order valence-electron chi connectivity index (χ4n) is 9.10. The summed E-state index contributed by atoms with van der Waals surface area (Å²) in [6, 6.07) is 66.0. The molecule has 1 aromatic heterocycles. The maximum Gasteiger partial charge on any atom is 0.0645 e. The van der Waals surface area contributed by atoms with Gasteiger partial charge in [0.2, 0.25) is 0 Å². The molecule has 0 saturated carbocycles. The van der Waals surface area contributed by atoms with Gasteiger partial charge < -0.3 is 9.47 Å². The van der Waals surface area contributed by atoms with Crippen LogP contribution in [-0.2, 0) is 5.41 Å². The van der Waals surface area contributed by atoms with Gasteiger partial charge >= 0.3 is 0 Å². The molecular formula is C57H42N2. The molecule has 59 heavy (non-hydrogen) atoms. The van der Waals surface area contributed by atoms with Crippen LogP contribution in [0.25, 0.3) is 72.0 Å². The van der Waals surface area contributed by atoms with Gasteiger partial charge in [0.25, 0.3) is 0 Å². The monoisotopic (exact) mass is 758 g/mol. The van der Waals surface area contributed by atoms with Crippen LogP contribution in [0, 0.1) is 0 Å². The second-order valence-corrected chi connectivity index (χ2v) is 15.9. The number of fused-ring (bicyclic) bond motifs is 6. The molecule has 0 atom stereocenters. The molecule has 2 heteroatoms. The first-order chi connectivity index (χ1) is 30.7. The second kappa shape index (κ2) is 13.9. The first-order valence-corrected chi connectivity index (χ1v) is 20.2. The molecule has 280 valence electrons. The van der Waals surface area contributed by atoms with Gasteiger partial charge in [-0.05, 0) is 122 Å². The number of rotatable bonds is 7. The van der Waals surface area contributed by atoms with Gasteiger partial charge in [-0.3, -0.25) is 0 Å². The molecule has 0 fully saturated rings. The van der Waals surface area contributed by atoms with E-state index >= 15 is 0 Å². The molecule has 0 aliphatic heterocycles. The predicted molar refractivity (Wildman–Crippen MR) is 249 cm³/mol. The summed E-state index contributed by atoms with van der Waals surface area (Å²) in [5, 5.41) is 2.01. The molecule has 0 unspecified atom stereocenters. The summed E-state index contributed by atoms with van der Waals surface area (Å²) in [4.78, 5) is 1.91. The molecule has 0 radical (unpaired) electrons. The van der Waals surface area contributed by atoms with Crippen molar-refractivity contribution in [2.24, 2.45) is 0 Å². The Morgan fingerprint density at radius 3 is 1.75 bits per heavy atom. The third-order valence-electron chi connectivity index (χ3n) is 12.1. The predicted octanol–water partition coefficient (Wildman–Crippen LogP) is 15.6. The lowest BCUT2D eigenvalue weighted by Crippen LogP contribution is -2.16. The zero-order chi connectivity index (χ0) is 43.0. The van der Waals surface area contributed by atoms with Crippen molar-refractivity contribution in [2.75, 3.05) is 4.90 Å². The lowest BCUT2D eigenvalue weighted by Gasteiger charge is -2.28. The molecule has 0 N–H and O–H groups in total. The molecular weight excluding hydrogens is 713 g/mol. The van der Waals surface area contributed by atoms with E-state index in [0.717, 1.165) is 72.2 Å². The largest absolute Gasteiger partial charge is 0.310 e. The van der Waals surface area contributed by atoms with E-state index in [9.17, 15) is 5.48 Å². The van der Waals surface area contributed by atoms with Crippen LogP contribution >= 0.6 is 0 Å². The van der Waals surface area contributed by atoms with Crippen LogP contribution in [0.5, 0.6) is 0 Å². The molecule has 11 rings (SSSR count). The zero-order valence-electron chi connectivity index (χ0n) is 36.9. The highest BCUT2D eigenvalue weighted by Crippen LogP contribution is 2.51. The van der Waals surface area contributed by atoms with E-state index in [2.05, 4.69) is 128 Å². The normalized spacial score (nSPS) is 13.7. The van der Waals surface area contributed by atoms with Gasteiger partial charge in [0, 0.05) is 38.9 Å². The van der Waals surface area contributed by atoms with Gasteiger partial charge in [-0.2, -0.15) is 0 Å². The molecule has 0 bridgehead atoms. The minimum absolute atomic E-state index is 0.0938. The summed E-state index contributed by atoms with van der Waals surface area (Å²) in [7, 11) is 0. The Bertz CT molecular complexity index is 3380. The molecule has 2 nitrogen and oxygen atoms in total. The van der Waals surface area contributed by atoms with Gasteiger partial charge in [0.05, 0.1) is 16.5 Å². The van der Waals surface area contributed by atoms with E-state index < -0.39 is 0 Å². The van der Waals surface area contributed by atoms with Crippen LogP contribution in [-0.4, -0.2) is 4.57 Å². The fourth-order valence-corrected chi connectivity index (χ4v) is 9.10. The average molecular weight is 759 g/mol. The zero-order valence-corrected chi connectivity index (χ0v) is 32.9. The minimum atomic E-state index is -0.286. The first kappa shape index (κ1) is 30.7. The highest BCUT2D eigenvalue weighted by atomic mass is 15.1. The number of nitrogens with zero attached hydrogens (tertiary/aromatic N) is 2. The quantitative estimate of drug-likeness (QED) is 0.157. The third kappa shape index (κ3) is 5.87. The molecule has 9 aromatic carbocycles. The summed E-state index contributed by atoms with van der Waals surface area (Å²) in [6.07, 6.45) is 0. The number of para-hydroxylation sites is 1. The minimum Gasteiger partial charge on any atom is -0.310 e. The first-order valence-electron chi connectivity index (χ1n) is 22.2. The van der Waals surface area contributed by atoms with Crippen LogP contribution in [0.2, 0.25) is 0 Å². The second-order valence-electron chi connectivity index (χ2n) is 15.9. The Kier molecular flexibility index (Phi) is 7.23. The highest BCUT2D eigenvalue weighted by molar-refractivity contribution is 6.10. The van der Waals surface area contributed by atoms with Gasteiger partial charge in [-0.1, -0.05) is 165 Å². The summed E-state index contributed by atoms with van der Waals surface area (Å²) in [5.74, 6) is 0. The maximum absolute atomic E-state index is 9.76. The Balaban J connectivity index is 1.07. The van der Waals surface area contributed by atoms with Crippen molar-refractivity contribution in [1.29, 1.82) is 0 Å². The maximum atomic E-state index is 9.76. The van der Waals surface area contributed by atoms with Gasteiger partial charge in [-0.15, -0.1) is 0 Å². The van der Waals surface area contributed by atoms with Crippen LogP contribution in [0.1, 0.15) is 30.5 Å². The van der Waals surface area contributed by atoms with E-state index in [4.69, 9.17) is 0 Å². The Hall–Kier alpha value is -7.42. The number of aromatic nitrogens is 1.